The third-order valence-corrected chi connectivity index (χ3v) is 6.42. The third kappa shape index (κ3) is 11.7. The van der Waals surface area contributed by atoms with Gasteiger partial charge in [0.05, 0.1) is 18.8 Å². The average Bonchev–Trinajstić information content (AvgIpc) is 2.87. The summed E-state index contributed by atoms with van der Waals surface area (Å²) in [5.41, 5.74) is 1.81. The zero-order chi connectivity index (χ0) is 25.1. The topological polar surface area (TPSA) is 55.8 Å². The molecule has 35 heavy (non-hydrogen) atoms. The van der Waals surface area contributed by atoms with Crippen molar-refractivity contribution in [2.75, 3.05) is 13.2 Å². The first-order valence-corrected chi connectivity index (χ1v) is 13.9. The minimum Gasteiger partial charge on any atom is -0.494 e. The Kier molecular flexibility index (Phi) is 14.7. The quantitative estimate of drug-likeness (QED) is 0.191. The number of carboxylic acids is 1. The number of rotatable bonds is 20. The molecule has 4 heteroatoms. The normalized spacial score (nSPS) is 10.9. The molecule has 4 nitrogen and oxygen atoms in total. The number of carbonyl (C=O) groups is 1. The number of carboxylic acid groups (broad SMARTS) is 1. The van der Waals surface area contributed by atoms with Crippen molar-refractivity contribution < 1.29 is 19.4 Å². The van der Waals surface area contributed by atoms with Gasteiger partial charge in [0.25, 0.3) is 0 Å². The molecule has 0 aliphatic carbocycles. The minimum atomic E-state index is -0.932. The van der Waals surface area contributed by atoms with Crippen molar-refractivity contribution in [3.8, 4) is 22.6 Å². The highest BCUT2D eigenvalue weighted by Crippen LogP contribution is 2.30. The fraction of sp³-hybridized carbons (Fsp3) is 0.581. The Morgan fingerprint density at radius 3 is 1.60 bits per heavy atom. The first-order valence-electron chi connectivity index (χ1n) is 13.9. The zero-order valence-corrected chi connectivity index (χ0v) is 22.0. The SMILES string of the molecule is CCCCCCCCCCOc1ccc(C(=O)O)c(-c2ccc(OCCCCCCCC)cc2)c1. The summed E-state index contributed by atoms with van der Waals surface area (Å²) in [6.07, 6.45) is 17.5. The lowest BCUT2D eigenvalue weighted by Gasteiger charge is -2.12. The van der Waals surface area contributed by atoms with Crippen LogP contribution in [-0.4, -0.2) is 24.3 Å². The molecule has 0 aliphatic rings. The molecule has 1 N–H and O–H groups in total. The van der Waals surface area contributed by atoms with E-state index in [4.69, 9.17) is 9.47 Å². The summed E-state index contributed by atoms with van der Waals surface area (Å²) in [7, 11) is 0. The van der Waals surface area contributed by atoms with Gasteiger partial charge in [-0.1, -0.05) is 103 Å². The van der Waals surface area contributed by atoms with Gasteiger partial charge in [-0.3, -0.25) is 0 Å². The van der Waals surface area contributed by atoms with E-state index in [1.54, 1.807) is 12.1 Å². The van der Waals surface area contributed by atoms with Gasteiger partial charge in [0.2, 0.25) is 0 Å². The molecule has 0 radical (unpaired) electrons. The van der Waals surface area contributed by atoms with Crippen LogP contribution in [0.2, 0.25) is 0 Å². The maximum Gasteiger partial charge on any atom is 0.336 e. The van der Waals surface area contributed by atoms with Gasteiger partial charge in [-0.25, -0.2) is 4.79 Å². The van der Waals surface area contributed by atoms with E-state index >= 15 is 0 Å². The van der Waals surface area contributed by atoms with Gasteiger partial charge in [-0.15, -0.1) is 0 Å². The van der Waals surface area contributed by atoms with Crippen molar-refractivity contribution in [3.05, 3.63) is 48.0 Å². The van der Waals surface area contributed by atoms with Crippen molar-refractivity contribution in [1.82, 2.24) is 0 Å². The molecule has 0 amide bonds. The molecule has 0 fully saturated rings. The van der Waals surface area contributed by atoms with E-state index in [9.17, 15) is 9.90 Å². The Bertz CT molecular complexity index is 828. The van der Waals surface area contributed by atoms with Crippen molar-refractivity contribution >= 4 is 5.97 Å². The summed E-state index contributed by atoms with van der Waals surface area (Å²) in [5.74, 6) is 0.607. The number of unbranched alkanes of at least 4 members (excludes halogenated alkanes) is 12. The second-order valence-electron chi connectivity index (χ2n) is 9.48. The number of aromatic carboxylic acids is 1. The zero-order valence-electron chi connectivity index (χ0n) is 22.0. The highest BCUT2D eigenvalue weighted by molar-refractivity contribution is 5.96. The lowest BCUT2D eigenvalue weighted by atomic mass is 9.99. The van der Waals surface area contributed by atoms with E-state index in [0.29, 0.717) is 18.8 Å². The summed E-state index contributed by atoms with van der Waals surface area (Å²) in [4.78, 5) is 11.8. The maximum absolute atomic E-state index is 11.8. The van der Waals surface area contributed by atoms with E-state index in [-0.39, 0.29) is 5.56 Å². The van der Waals surface area contributed by atoms with E-state index in [2.05, 4.69) is 13.8 Å². The van der Waals surface area contributed by atoms with E-state index in [0.717, 1.165) is 29.9 Å². The highest BCUT2D eigenvalue weighted by Gasteiger charge is 2.13. The van der Waals surface area contributed by atoms with Gasteiger partial charge in [0.1, 0.15) is 11.5 Å². The first kappa shape index (κ1) is 28.7. The van der Waals surface area contributed by atoms with Gasteiger partial charge in [-0.05, 0) is 54.3 Å². The van der Waals surface area contributed by atoms with E-state index < -0.39 is 5.97 Å². The molecule has 0 aliphatic heterocycles. The Morgan fingerprint density at radius 2 is 1.09 bits per heavy atom. The highest BCUT2D eigenvalue weighted by atomic mass is 16.5. The largest absolute Gasteiger partial charge is 0.494 e. The molecule has 0 saturated carbocycles. The lowest BCUT2D eigenvalue weighted by Crippen LogP contribution is -2.02. The number of benzene rings is 2. The molecule has 0 heterocycles. The monoisotopic (exact) mass is 482 g/mol. The molecule has 0 unspecified atom stereocenters. The van der Waals surface area contributed by atoms with Crippen LogP contribution in [-0.2, 0) is 0 Å². The molecule has 0 bridgehead atoms. The molecular weight excluding hydrogens is 436 g/mol. The molecule has 0 saturated heterocycles. The summed E-state index contributed by atoms with van der Waals surface area (Å²) in [6, 6.07) is 13.0. The number of hydrogen-bond acceptors (Lipinski definition) is 3. The first-order chi connectivity index (χ1) is 17.2. The second kappa shape index (κ2) is 17.9. The minimum absolute atomic E-state index is 0.283. The Hall–Kier alpha value is -2.49. The number of hydrogen-bond donors (Lipinski definition) is 1. The predicted octanol–water partition coefficient (Wildman–Crippen LogP) is 9.31. The predicted molar refractivity (Wildman–Crippen MR) is 146 cm³/mol. The van der Waals surface area contributed by atoms with Gasteiger partial charge in [0, 0.05) is 0 Å². The van der Waals surface area contributed by atoms with E-state index in [1.165, 1.54) is 77.0 Å². The van der Waals surface area contributed by atoms with Crippen LogP contribution in [0, 0.1) is 0 Å². The molecule has 194 valence electrons. The van der Waals surface area contributed by atoms with Gasteiger partial charge < -0.3 is 14.6 Å². The van der Waals surface area contributed by atoms with Crippen LogP contribution in [0.3, 0.4) is 0 Å². The molecule has 0 aromatic heterocycles. The fourth-order valence-electron chi connectivity index (χ4n) is 4.27. The van der Waals surface area contributed by atoms with Gasteiger partial charge >= 0.3 is 5.97 Å². The molecular formula is C31H46O4. The maximum atomic E-state index is 11.8. The molecule has 2 aromatic rings. The van der Waals surface area contributed by atoms with Crippen molar-refractivity contribution in [2.45, 2.75) is 104 Å². The molecule has 2 rings (SSSR count). The molecule has 0 atom stereocenters. The Labute approximate surface area is 213 Å². The summed E-state index contributed by atoms with van der Waals surface area (Å²) < 4.78 is 11.8. The van der Waals surface area contributed by atoms with Gasteiger partial charge in [0.15, 0.2) is 0 Å². The van der Waals surface area contributed by atoms with Crippen LogP contribution >= 0.6 is 0 Å². The summed E-state index contributed by atoms with van der Waals surface area (Å²) in [6.45, 7) is 5.85. The average molecular weight is 483 g/mol. The lowest BCUT2D eigenvalue weighted by molar-refractivity contribution is 0.0697. The molecule has 2 aromatic carbocycles. The third-order valence-electron chi connectivity index (χ3n) is 6.42. The van der Waals surface area contributed by atoms with Crippen molar-refractivity contribution in [2.24, 2.45) is 0 Å². The second-order valence-corrected chi connectivity index (χ2v) is 9.48. The summed E-state index contributed by atoms with van der Waals surface area (Å²) >= 11 is 0. The Morgan fingerprint density at radius 1 is 0.629 bits per heavy atom. The number of ether oxygens (including phenoxy) is 2. The summed E-state index contributed by atoms with van der Waals surface area (Å²) in [5, 5.41) is 9.68. The standard InChI is InChI=1S/C31H46O4/c1-3-5-7-9-11-12-14-16-24-35-28-21-22-29(31(32)33)30(25-28)26-17-19-27(20-18-26)34-23-15-13-10-8-6-4-2/h17-22,25H,3-16,23-24H2,1-2H3,(H,32,33). The van der Waals surface area contributed by atoms with E-state index in [1.807, 2.05) is 30.3 Å². The van der Waals surface area contributed by atoms with Crippen LogP contribution < -0.4 is 9.47 Å². The van der Waals surface area contributed by atoms with Crippen LogP contribution in [0.1, 0.15) is 114 Å². The smallest absolute Gasteiger partial charge is 0.336 e. The van der Waals surface area contributed by atoms with Crippen LogP contribution in [0.5, 0.6) is 11.5 Å². The van der Waals surface area contributed by atoms with Crippen LogP contribution in [0.4, 0.5) is 0 Å². The fourth-order valence-corrected chi connectivity index (χ4v) is 4.27. The van der Waals surface area contributed by atoms with Crippen molar-refractivity contribution in [1.29, 1.82) is 0 Å². The van der Waals surface area contributed by atoms with Crippen molar-refractivity contribution in [3.63, 3.8) is 0 Å². The van der Waals surface area contributed by atoms with Crippen LogP contribution in [0.15, 0.2) is 42.5 Å². The Balaban J connectivity index is 1.83. The molecule has 0 spiro atoms. The van der Waals surface area contributed by atoms with Crippen LogP contribution in [0.25, 0.3) is 11.1 Å². The van der Waals surface area contributed by atoms with Gasteiger partial charge in [-0.2, -0.15) is 0 Å².